The molecule has 0 radical (unpaired) electrons. The van der Waals surface area contributed by atoms with Crippen LogP contribution in [0.25, 0.3) is 0 Å². The van der Waals surface area contributed by atoms with Crippen molar-refractivity contribution in [1.29, 1.82) is 0 Å². The molecule has 1 aliphatic heterocycles. The fourth-order valence-corrected chi connectivity index (χ4v) is 2.92. The Bertz CT molecular complexity index is 664. The largest absolute Gasteiger partial charge is 0.364 e. The lowest BCUT2D eigenvalue weighted by Gasteiger charge is -2.34. The molecule has 0 spiro atoms. The number of carbonyl (C=O) groups is 1. The first-order valence-electron chi connectivity index (χ1n) is 7.44. The predicted molar refractivity (Wildman–Crippen MR) is 78.1 cm³/mol. The van der Waals surface area contributed by atoms with E-state index >= 15 is 0 Å². The number of aromatic nitrogens is 4. The molecule has 0 unspecified atom stereocenters. The van der Waals surface area contributed by atoms with Crippen LogP contribution in [0.15, 0.2) is 10.6 Å². The van der Waals surface area contributed by atoms with Crippen LogP contribution >= 0.6 is 0 Å². The molecule has 1 amide bonds. The summed E-state index contributed by atoms with van der Waals surface area (Å²) in [7, 11) is 0. The minimum absolute atomic E-state index is 0.0718. The highest BCUT2D eigenvalue weighted by atomic mass is 16.5. The Morgan fingerprint density at radius 2 is 2.41 bits per heavy atom. The first kappa shape index (κ1) is 14.7. The number of primary amides is 1. The van der Waals surface area contributed by atoms with Crippen LogP contribution in [0.5, 0.6) is 0 Å². The number of nitrogens with one attached hydrogen (secondary N) is 1. The van der Waals surface area contributed by atoms with Gasteiger partial charge in [0.15, 0.2) is 5.82 Å². The molecular weight excluding hydrogens is 284 g/mol. The number of amides is 1. The van der Waals surface area contributed by atoms with Gasteiger partial charge >= 0.3 is 0 Å². The maximum atomic E-state index is 11.2. The molecule has 2 aromatic rings. The van der Waals surface area contributed by atoms with Crippen molar-refractivity contribution >= 4 is 5.91 Å². The fraction of sp³-hybridized carbons (Fsp3) is 0.571. The second-order valence-corrected chi connectivity index (χ2v) is 5.76. The Labute approximate surface area is 128 Å². The lowest BCUT2D eigenvalue weighted by atomic mass is 9.93. The number of carbonyl (C=O) groups excluding carboxylic acids is 1. The summed E-state index contributed by atoms with van der Waals surface area (Å²) in [6.07, 6.45) is 2.11. The summed E-state index contributed by atoms with van der Waals surface area (Å²) in [5.41, 5.74) is 6.49. The molecule has 2 atom stereocenters. The van der Waals surface area contributed by atoms with Gasteiger partial charge in [0.2, 0.25) is 5.89 Å². The van der Waals surface area contributed by atoms with E-state index in [0.29, 0.717) is 17.6 Å². The van der Waals surface area contributed by atoms with Crippen LogP contribution in [0.1, 0.15) is 59.6 Å². The lowest BCUT2D eigenvalue weighted by Crippen LogP contribution is -2.36. The highest BCUT2D eigenvalue weighted by Crippen LogP contribution is 2.30. The summed E-state index contributed by atoms with van der Waals surface area (Å²) in [6.45, 7) is 5.71. The van der Waals surface area contributed by atoms with E-state index in [-0.39, 0.29) is 11.7 Å². The third kappa shape index (κ3) is 2.87. The molecule has 3 heterocycles. The topological polar surface area (TPSA) is 114 Å². The van der Waals surface area contributed by atoms with Gasteiger partial charge in [0.05, 0.1) is 6.04 Å². The van der Waals surface area contributed by atoms with Crippen molar-refractivity contribution < 1.29 is 9.32 Å². The van der Waals surface area contributed by atoms with E-state index < -0.39 is 5.91 Å². The molecule has 0 aromatic carbocycles. The van der Waals surface area contributed by atoms with E-state index in [0.717, 1.165) is 31.6 Å². The van der Waals surface area contributed by atoms with E-state index in [1.165, 1.54) is 0 Å². The zero-order valence-corrected chi connectivity index (χ0v) is 12.7. The second-order valence-electron chi connectivity index (χ2n) is 5.76. The number of hydrogen-bond donors (Lipinski definition) is 2. The van der Waals surface area contributed by atoms with Crippen molar-refractivity contribution in [2.45, 2.75) is 38.6 Å². The van der Waals surface area contributed by atoms with Crippen molar-refractivity contribution in [2.24, 2.45) is 5.73 Å². The number of aryl methyl sites for hydroxylation is 1. The molecule has 3 N–H and O–H groups in total. The molecule has 8 heteroatoms. The summed E-state index contributed by atoms with van der Waals surface area (Å²) >= 11 is 0. The molecular formula is C14H20N6O2. The minimum Gasteiger partial charge on any atom is -0.364 e. The van der Waals surface area contributed by atoms with Crippen LogP contribution in [-0.2, 0) is 0 Å². The quantitative estimate of drug-likeness (QED) is 0.875. The average Bonchev–Trinajstić information content (AvgIpc) is 3.15. The molecule has 1 fully saturated rings. The number of hydrogen-bond acceptors (Lipinski definition) is 6. The maximum Gasteiger partial charge on any atom is 0.269 e. The van der Waals surface area contributed by atoms with Gasteiger partial charge < -0.3 is 10.3 Å². The van der Waals surface area contributed by atoms with Crippen LogP contribution in [0, 0.1) is 6.92 Å². The number of aromatic amines is 1. The molecule has 118 valence electrons. The van der Waals surface area contributed by atoms with E-state index in [1.807, 2.05) is 6.92 Å². The Morgan fingerprint density at radius 3 is 3.05 bits per heavy atom. The van der Waals surface area contributed by atoms with Gasteiger partial charge in [0, 0.05) is 18.2 Å². The molecule has 1 aliphatic rings. The Kier molecular flexibility index (Phi) is 3.93. The molecule has 8 nitrogen and oxygen atoms in total. The smallest absolute Gasteiger partial charge is 0.269 e. The summed E-state index contributed by atoms with van der Waals surface area (Å²) in [5.74, 6) is 1.07. The van der Waals surface area contributed by atoms with Crippen LogP contribution in [0.2, 0.25) is 0 Å². The average molecular weight is 304 g/mol. The third-order valence-corrected chi connectivity index (χ3v) is 4.19. The zero-order valence-electron chi connectivity index (χ0n) is 12.7. The second kappa shape index (κ2) is 5.88. The molecule has 22 heavy (non-hydrogen) atoms. The third-order valence-electron chi connectivity index (χ3n) is 4.19. The molecule has 0 saturated carbocycles. The van der Waals surface area contributed by atoms with E-state index in [9.17, 15) is 4.79 Å². The number of piperidine rings is 1. The first-order chi connectivity index (χ1) is 10.5. The summed E-state index contributed by atoms with van der Waals surface area (Å²) in [4.78, 5) is 17.8. The fourth-order valence-electron chi connectivity index (χ4n) is 2.92. The Morgan fingerprint density at radius 1 is 1.59 bits per heavy atom. The standard InChI is InChI=1S/C14H20N6O2/c1-8(14-16-9(2)19-22-14)20-5-3-4-10(7-20)11-6-12(13(15)21)18-17-11/h6,8,10H,3-5,7H2,1-2H3,(H2,15,21)(H,17,18)/t8-,10+/m1/s1. The number of nitrogens with zero attached hydrogens (tertiary/aromatic N) is 4. The van der Waals surface area contributed by atoms with Gasteiger partial charge in [-0.1, -0.05) is 5.16 Å². The van der Waals surface area contributed by atoms with Gasteiger partial charge in [0.25, 0.3) is 5.91 Å². The zero-order chi connectivity index (χ0) is 15.7. The van der Waals surface area contributed by atoms with Gasteiger partial charge in [-0.3, -0.25) is 14.8 Å². The van der Waals surface area contributed by atoms with E-state index in [4.69, 9.17) is 10.3 Å². The van der Waals surface area contributed by atoms with Gasteiger partial charge in [-0.15, -0.1) is 0 Å². The summed E-state index contributed by atoms with van der Waals surface area (Å²) in [6, 6.07) is 1.82. The van der Waals surface area contributed by atoms with Gasteiger partial charge in [-0.25, -0.2) is 0 Å². The van der Waals surface area contributed by atoms with Crippen molar-refractivity contribution in [3.05, 3.63) is 29.2 Å². The number of rotatable bonds is 4. The molecule has 0 aliphatic carbocycles. The highest BCUT2D eigenvalue weighted by Gasteiger charge is 2.29. The van der Waals surface area contributed by atoms with Crippen molar-refractivity contribution in [3.8, 4) is 0 Å². The molecule has 3 rings (SSSR count). The number of H-pyrrole nitrogens is 1. The molecule has 0 bridgehead atoms. The Balaban J connectivity index is 1.72. The van der Waals surface area contributed by atoms with Gasteiger partial charge in [-0.05, 0) is 39.3 Å². The number of likely N-dealkylation sites (tertiary alicyclic amines) is 1. The monoisotopic (exact) mass is 304 g/mol. The maximum absolute atomic E-state index is 11.2. The predicted octanol–water partition coefficient (Wildman–Crippen LogP) is 1.14. The van der Waals surface area contributed by atoms with Crippen LogP contribution in [0.4, 0.5) is 0 Å². The van der Waals surface area contributed by atoms with Gasteiger partial charge in [0.1, 0.15) is 5.69 Å². The van der Waals surface area contributed by atoms with Crippen molar-refractivity contribution in [1.82, 2.24) is 25.2 Å². The first-order valence-corrected chi connectivity index (χ1v) is 7.44. The van der Waals surface area contributed by atoms with Gasteiger partial charge in [-0.2, -0.15) is 10.1 Å². The van der Waals surface area contributed by atoms with Crippen molar-refractivity contribution in [2.75, 3.05) is 13.1 Å². The minimum atomic E-state index is -0.509. The van der Waals surface area contributed by atoms with Crippen LogP contribution in [0.3, 0.4) is 0 Å². The SMILES string of the molecule is Cc1noc([C@@H](C)N2CCC[C@H](c3cc(C(N)=O)n[nH]3)C2)n1. The normalized spacial score (nSPS) is 20.9. The Hall–Kier alpha value is -2.22. The molecule has 2 aromatic heterocycles. The highest BCUT2D eigenvalue weighted by molar-refractivity contribution is 5.90. The summed E-state index contributed by atoms with van der Waals surface area (Å²) in [5, 5.41) is 10.7. The van der Waals surface area contributed by atoms with E-state index in [2.05, 4.69) is 32.2 Å². The summed E-state index contributed by atoms with van der Waals surface area (Å²) < 4.78 is 5.27. The van der Waals surface area contributed by atoms with E-state index in [1.54, 1.807) is 6.07 Å². The van der Waals surface area contributed by atoms with Crippen LogP contribution in [-0.4, -0.2) is 44.2 Å². The number of nitrogens with two attached hydrogens (primary N) is 1. The van der Waals surface area contributed by atoms with Crippen LogP contribution < -0.4 is 5.73 Å². The lowest BCUT2D eigenvalue weighted by molar-refractivity contribution is 0.0995. The molecule has 1 saturated heterocycles. The van der Waals surface area contributed by atoms with Crippen molar-refractivity contribution in [3.63, 3.8) is 0 Å².